The van der Waals surface area contributed by atoms with Crippen molar-refractivity contribution in [3.8, 4) is 0 Å². The average molecular weight is 495 g/mol. The summed E-state index contributed by atoms with van der Waals surface area (Å²) < 4.78 is 34.0. The van der Waals surface area contributed by atoms with Gasteiger partial charge in [0.05, 0.1) is 7.11 Å². The highest BCUT2D eigenvalue weighted by molar-refractivity contribution is 9.12. The van der Waals surface area contributed by atoms with Gasteiger partial charge in [-0.05, 0) is 51.0 Å². The molecule has 1 aliphatic rings. The summed E-state index contributed by atoms with van der Waals surface area (Å²) in [6.07, 6.45) is 0.165. The lowest BCUT2D eigenvalue weighted by Crippen LogP contribution is -2.41. The third-order valence-electron chi connectivity index (χ3n) is 3.68. The van der Waals surface area contributed by atoms with Gasteiger partial charge in [0.25, 0.3) is 0 Å². The quantitative estimate of drug-likeness (QED) is 0.257. The van der Waals surface area contributed by atoms with Crippen LogP contribution >= 0.6 is 50.9 Å². The average Bonchev–Trinajstić information content (AvgIpc) is 2.73. The number of hydrogen-bond donors (Lipinski definition) is 0. The monoisotopic (exact) mass is 492 g/mol. The molecular formula is C15H14BrCl3F2N2O3. The van der Waals surface area contributed by atoms with Crippen LogP contribution in [0.15, 0.2) is 28.7 Å². The minimum atomic E-state index is -3.08. The van der Waals surface area contributed by atoms with E-state index >= 15 is 0 Å². The molecule has 2 rings (SSSR count). The number of halogens is 6. The Balaban J connectivity index is 2.38. The molecule has 0 aromatic heterocycles. The fraction of sp³-hybridized carbons (Fsp3) is 0.400. The lowest BCUT2D eigenvalue weighted by Gasteiger charge is -2.26. The molecule has 0 spiro atoms. The van der Waals surface area contributed by atoms with Crippen LogP contribution in [0, 0.1) is 0 Å². The third kappa shape index (κ3) is 4.49. The summed E-state index contributed by atoms with van der Waals surface area (Å²) in [6.45, 7) is -3.08. The highest BCUT2D eigenvalue weighted by Crippen LogP contribution is 2.52. The van der Waals surface area contributed by atoms with E-state index in [1.807, 2.05) is 0 Å². The Bertz CT molecular complexity index is 708. The molecule has 1 aliphatic heterocycles. The maximum atomic E-state index is 12.7. The van der Waals surface area contributed by atoms with Crippen LogP contribution in [0.4, 0.5) is 8.78 Å². The smallest absolute Gasteiger partial charge is 0.346 e. The van der Waals surface area contributed by atoms with Crippen molar-refractivity contribution < 1.29 is 23.0 Å². The minimum Gasteiger partial charge on any atom is -0.465 e. The van der Waals surface area contributed by atoms with Gasteiger partial charge in [-0.25, -0.2) is 4.79 Å². The number of ether oxygens (including phenoxy) is 2. The zero-order valence-electron chi connectivity index (χ0n) is 13.5. The fourth-order valence-electron chi connectivity index (χ4n) is 2.55. The SMILES string of the molecule is COC(=O)C(Br)=Cc1cccc(C2N(Cl)N(C)C(OC(F)F)C2(Cl)Cl)c1. The Morgan fingerprint density at radius 3 is 2.65 bits per heavy atom. The number of hydrazine groups is 1. The predicted molar refractivity (Wildman–Crippen MR) is 98.9 cm³/mol. The van der Waals surface area contributed by atoms with Gasteiger partial charge in [-0.15, -0.1) is 4.53 Å². The number of hydrogen-bond acceptors (Lipinski definition) is 5. The van der Waals surface area contributed by atoms with Gasteiger partial charge in [0.15, 0.2) is 10.6 Å². The van der Waals surface area contributed by atoms with E-state index in [0.717, 1.165) is 4.53 Å². The van der Waals surface area contributed by atoms with Crippen molar-refractivity contribution in [2.45, 2.75) is 23.2 Å². The molecule has 2 atom stereocenters. The first-order valence-electron chi connectivity index (χ1n) is 7.14. The van der Waals surface area contributed by atoms with Crippen LogP contribution in [0.25, 0.3) is 6.08 Å². The van der Waals surface area contributed by atoms with Crippen molar-refractivity contribution in [1.82, 2.24) is 9.54 Å². The van der Waals surface area contributed by atoms with Gasteiger partial charge in [0.2, 0.25) is 0 Å². The van der Waals surface area contributed by atoms with Crippen LogP contribution in [0.5, 0.6) is 0 Å². The van der Waals surface area contributed by atoms with Crippen molar-refractivity contribution in [3.63, 3.8) is 0 Å². The van der Waals surface area contributed by atoms with Crippen molar-refractivity contribution in [2.24, 2.45) is 0 Å². The standard InChI is InChI=1S/C15H14BrCl3F2N2O3/c1-22-13(26-14(20)21)15(17,18)11(23(22)19)9-5-3-4-8(6-9)7-10(16)12(24)25-2/h3-7,11,13-14H,1-2H3. The van der Waals surface area contributed by atoms with Crippen molar-refractivity contribution in [2.75, 3.05) is 14.2 Å². The number of nitrogens with zero attached hydrogens (tertiary/aromatic N) is 2. The fourth-order valence-corrected chi connectivity index (χ4v) is 4.25. The van der Waals surface area contributed by atoms with E-state index in [9.17, 15) is 13.6 Å². The summed E-state index contributed by atoms with van der Waals surface area (Å²) in [7, 11) is 2.68. The number of carbonyl (C=O) groups excluding carboxylic acids is 1. The van der Waals surface area contributed by atoms with Gasteiger partial charge in [-0.1, -0.05) is 41.4 Å². The van der Waals surface area contributed by atoms with Crippen LogP contribution < -0.4 is 0 Å². The predicted octanol–water partition coefficient (Wildman–Crippen LogP) is 4.69. The molecule has 2 unspecified atom stereocenters. The van der Waals surface area contributed by atoms with Crippen LogP contribution in [0.2, 0.25) is 0 Å². The van der Waals surface area contributed by atoms with Gasteiger partial charge in [-0.3, -0.25) is 4.74 Å². The maximum Gasteiger partial charge on any atom is 0.346 e. The molecule has 1 aromatic carbocycles. The minimum absolute atomic E-state index is 0.199. The van der Waals surface area contributed by atoms with Gasteiger partial charge >= 0.3 is 12.6 Å². The van der Waals surface area contributed by atoms with E-state index in [1.165, 1.54) is 25.2 Å². The van der Waals surface area contributed by atoms with E-state index < -0.39 is 29.2 Å². The lowest BCUT2D eigenvalue weighted by molar-refractivity contribution is -0.206. The number of methoxy groups -OCH3 is 1. The van der Waals surface area contributed by atoms with Gasteiger partial charge in [0, 0.05) is 7.05 Å². The summed E-state index contributed by atoms with van der Waals surface area (Å²) in [5.41, 5.74) is 1.16. The summed E-state index contributed by atoms with van der Waals surface area (Å²) in [4.78, 5) is 11.5. The molecule has 0 aliphatic carbocycles. The molecule has 0 N–H and O–H groups in total. The molecule has 1 aromatic rings. The van der Waals surface area contributed by atoms with Gasteiger partial charge in [-0.2, -0.15) is 13.8 Å². The van der Waals surface area contributed by atoms with Crippen LogP contribution in [0.1, 0.15) is 17.2 Å². The number of carbonyl (C=O) groups is 1. The first-order valence-corrected chi connectivity index (χ1v) is 9.03. The first kappa shape index (κ1) is 21.8. The zero-order chi connectivity index (χ0) is 19.6. The van der Waals surface area contributed by atoms with Crippen molar-refractivity contribution >= 4 is 63.0 Å². The summed E-state index contributed by atoms with van der Waals surface area (Å²) in [6, 6.07) is 5.88. The van der Waals surface area contributed by atoms with E-state index in [4.69, 9.17) is 35.0 Å². The van der Waals surface area contributed by atoms with Crippen molar-refractivity contribution in [1.29, 1.82) is 0 Å². The maximum absolute atomic E-state index is 12.7. The van der Waals surface area contributed by atoms with Crippen LogP contribution in [-0.2, 0) is 14.3 Å². The number of rotatable bonds is 5. The van der Waals surface area contributed by atoms with E-state index in [2.05, 4.69) is 25.4 Å². The largest absolute Gasteiger partial charge is 0.465 e. The molecule has 0 saturated carbocycles. The summed E-state index contributed by atoms with van der Waals surface area (Å²) in [5.74, 6) is -0.551. The Morgan fingerprint density at radius 2 is 2.08 bits per heavy atom. The normalized spacial score (nSPS) is 24.3. The first-order chi connectivity index (χ1) is 12.1. The molecule has 5 nitrogen and oxygen atoms in total. The van der Waals surface area contributed by atoms with Gasteiger partial charge < -0.3 is 4.74 Å². The molecule has 1 fully saturated rings. The summed E-state index contributed by atoms with van der Waals surface area (Å²) >= 11 is 22.0. The Kier molecular flexibility index (Phi) is 7.29. The zero-order valence-corrected chi connectivity index (χ0v) is 17.4. The van der Waals surface area contributed by atoms with E-state index in [0.29, 0.717) is 11.1 Å². The van der Waals surface area contributed by atoms with Crippen LogP contribution in [-0.4, -0.2) is 46.8 Å². The second-order valence-corrected chi connectivity index (χ2v) is 7.99. The van der Waals surface area contributed by atoms with Crippen molar-refractivity contribution in [3.05, 3.63) is 39.9 Å². The molecule has 1 heterocycles. The third-order valence-corrected chi connectivity index (χ3v) is 5.45. The molecular weight excluding hydrogens is 480 g/mol. The molecule has 26 heavy (non-hydrogen) atoms. The molecule has 0 radical (unpaired) electrons. The Hall–Kier alpha value is -0.480. The lowest BCUT2D eigenvalue weighted by atomic mass is 10.0. The number of esters is 1. The highest BCUT2D eigenvalue weighted by Gasteiger charge is 2.58. The number of benzene rings is 1. The molecule has 0 bridgehead atoms. The van der Waals surface area contributed by atoms with E-state index in [1.54, 1.807) is 24.3 Å². The molecule has 11 heteroatoms. The topological polar surface area (TPSA) is 42.0 Å². The summed E-state index contributed by atoms with van der Waals surface area (Å²) in [5, 5.41) is 1.19. The molecule has 0 amide bonds. The number of alkyl halides is 4. The van der Waals surface area contributed by atoms with E-state index in [-0.39, 0.29) is 4.48 Å². The molecule has 1 saturated heterocycles. The second-order valence-electron chi connectivity index (χ2n) is 5.34. The van der Waals surface area contributed by atoms with Gasteiger partial charge in [0.1, 0.15) is 10.5 Å². The molecule has 144 valence electrons. The highest BCUT2D eigenvalue weighted by atomic mass is 79.9. The Morgan fingerprint density at radius 1 is 1.42 bits per heavy atom. The van der Waals surface area contributed by atoms with Crippen LogP contribution in [0.3, 0.4) is 0 Å². The Labute approximate surface area is 172 Å². The second kappa shape index (κ2) is 8.68.